The van der Waals surface area contributed by atoms with Gasteiger partial charge in [0.2, 0.25) is 0 Å². The maximum absolute atomic E-state index is 12.6. The van der Waals surface area contributed by atoms with Crippen molar-refractivity contribution in [1.82, 2.24) is 9.88 Å². The molecule has 1 atom stereocenters. The zero-order valence-electron chi connectivity index (χ0n) is 21.9. The third-order valence-corrected chi connectivity index (χ3v) is 22.0. The Balaban J connectivity index is 2.15. The molecule has 1 amide bonds. The number of unbranched alkanes of at least 4 members (excludes halogenated alkanes) is 3. The van der Waals surface area contributed by atoms with Gasteiger partial charge in [0.15, 0.2) is 0 Å². The van der Waals surface area contributed by atoms with Crippen molar-refractivity contribution in [2.75, 3.05) is 13.2 Å². The molecular weight excluding hydrogens is 519 g/mol. The SMILES string of the molecule is CCC[CH2][Sn]([CH2]CCC)([CH2]CCC)[c]1cncc(OC[C@@H]2C=CCN2C(=O)OC(C)(C)C)c1. The van der Waals surface area contributed by atoms with Crippen molar-refractivity contribution in [2.24, 2.45) is 0 Å². The summed E-state index contributed by atoms with van der Waals surface area (Å²) in [4.78, 5) is 18.9. The van der Waals surface area contributed by atoms with Crippen molar-refractivity contribution in [3.63, 3.8) is 0 Å². The standard InChI is InChI=1S/C15H19N2O3.3C4H9.Sn/c1-15(2,3)20-14(18)17-9-5-6-12(17)11-19-13-7-4-8-16-10-13;3*1-3-4-2;/h5-8,10,12H,9,11H2,1-3H3;3*1,3-4H2,2H3;/t12-;;;;/m0..../s1. The van der Waals surface area contributed by atoms with Crippen molar-refractivity contribution < 1.29 is 14.3 Å². The summed E-state index contributed by atoms with van der Waals surface area (Å²) >= 11 is -2.55. The van der Waals surface area contributed by atoms with Crippen LogP contribution in [0.3, 0.4) is 0 Å². The summed E-state index contributed by atoms with van der Waals surface area (Å²) in [6.07, 6.45) is 15.5. The number of hydrogen-bond acceptors (Lipinski definition) is 4. The molecule has 1 aliphatic rings. The van der Waals surface area contributed by atoms with Gasteiger partial charge in [-0.2, -0.15) is 0 Å². The Hall–Kier alpha value is -1.24. The van der Waals surface area contributed by atoms with Gasteiger partial charge in [0, 0.05) is 0 Å². The average Bonchev–Trinajstić information content (AvgIpc) is 3.25. The predicted molar refractivity (Wildman–Crippen MR) is 140 cm³/mol. The van der Waals surface area contributed by atoms with E-state index in [1.54, 1.807) is 4.90 Å². The summed E-state index contributed by atoms with van der Waals surface area (Å²) in [6.45, 7) is 13.6. The Bertz CT molecular complexity index is 738. The number of ether oxygens (including phenoxy) is 2. The van der Waals surface area contributed by atoms with Gasteiger partial charge in [-0.1, -0.05) is 0 Å². The molecule has 0 saturated carbocycles. The molecule has 33 heavy (non-hydrogen) atoms. The monoisotopic (exact) mass is 566 g/mol. The number of amides is 1. The minimum atomic E-state index is -2.55. The molecule has 0 spiro atoms. The predicted octanol–water partition coefficient (Wildman–Crippen LogP) is 6.69. The molecule has 2 rings (SSSR count). The summed E-state index contributed by atoms with van der Waals surface area (Å²) in [5.74, 6) is 0.836. The average molecular weight is 565 g/mol. The number of pyridine rings is 1. The second-order valence-corrected chi connectivity index (χ2v) is 23.7. The number of hydrogen-bond donors (Lipinski definition) is 0. The third-order valence-electron chi connectivity index (χ3n) is 6.46. The van der Waals surface area contributed by atoms with E-state index in [9.17, 15) is 4.79 Å². The van der Waals surface area contributed by atoms with E-state index in [4.69, 9.17) is 9.47 Å². The normalized spacial score (nSPS) is 16.3. The molecule has 0 unspecified atom stereocenters. The second kappa shape index (κ2) is 13.6. The first-order valence-corrected chi connectivity index (χ1v) is 20.5. The molecule has 0 fully saturated rings. The number of rotatable bonds is 13. The van der Waals surface area contributed by atoms with Crippen LogP contribution in [0.25, 0.3) is 0 Å². The first-order chi connectivity index (χ1) is 15.7. The summed E-state index contributed by atoms with van der Waals surface area (Å²) < 4.78 is 17.5. The molecule has 2 heterocycles. The van der Waals surface area contributed by atoms with Crippen LogP contribution in [0.4, 0.5) is 4.79 Å². The summed E-state index contributed by atoms with van der Waals surface area (Å²) in [7, 11) is 0. The van der Waals surface area contributed by atoms with Crippen LogP contribution >= 0.6 is 0 Å². The number of aromatic nitrogens is 1. The van der Waals surface area contributed by atoms with Gasteiger partial charge in [-0.15, -0.1) is 0 Å². The zero-order valence-corrected chi connectivity index (χ0v) is 24.7. The zero-order chi connectivity index (χ0) is 24.3. The van der Waals surface area contributed by atoms with Crippen molar-refractivity contribution in [3.8, 4) is 5.75 Å². The summed E-state index contributed by atoms with van der Waals surface area (Å²) in [5, 5.41) is 0. The quantitative estimate of drug-likeness (QED) is 0.198. The Morgan fingerprint density at radius 1 is 1.06 bits per heavy atom. The molecule has 1 aliphatic heterocycles. The van der Waals surface area contributed by atoms with Crippen molar-refractivity contribution in [3.05, 3.63) is 30.6 Å². The second-order valence-electron chi connectivity index (χ2n) is 10.4. The van der Waals surface area contributed by atoms with E-state index >= 15 is 0 Å². The molecule has 1 aromatic rings. The molecule has 0 radical (unpaired) electrons. The first kappa shape index (κ1) is 28.0. The van der Waals surface area contributed by atoms with Gasteiger partial charge in [0.25, 0.3) is 0 Å². The van der Waals surface area contributed by atoms with Crippen LogP contribution in [-0.2, 0) is 4.74 Å². The van der Waals surface area contributed by atoms with Gasteiger partial charge in [-0.3, -0.25) is 0 Å². The molecule has 0 saturated heterocycles. The van der Waals surface area contributed by atoms with Gasteiger partial charge in [-0.05, 0) is 0 Å². The molecule has 0 N–H and O–H groups in total. The molecule has 1 aromatic heterocycles. The van der Waals surface area contributed by atoms with Crippen LogP contribution in [0.15, 0.2) is 30.6 Å². The fourth-order valence-electron chi connectivity index (χ4n) is 4.57. The fraction of sp³-hybridized carbons (Fsp3) is 0.704. The number of nitrogens with zero attached hydrogens (tertiary/aromatic N) is 2. The summed E-state index contributed by atoms with van der Waals surface area (Å²) in [6, 6.07) is 2.18. The van der Waals surface area contributed by atoms with Gasteiger partial charge in [0.1, 0.15) is 0 Å². The Kier molecular flexibility index (Phi) is 11.5. The van der Waals surface area contributed by atoms with Crippen LogP contribution in [-0.4, -0.2) is 59.1 Å². The van der Waals surface area contributed by atoms with Crippen LogP contribution in [0.1, 0.15) is 80.1 Å². The van der Waals surface area contributed by atoms with Crippen LogP contribution in [0.5, 0.6) is 5.75 Å². The summed E-state index contributed by atoms with van der Waals surface area (Å²) in [5.41, 5.74) is -0.505. The van der Waals surface area contributed by atoms with Gasteiger partial charge in [-0.25, -0.2) is 0 Å². The van der Waals surface area contributed by atoms with E-state index in [1.807, 2.05) is 39.1 Å². The Morgan fingerprint density at radius 3 is 2.21 bits per heavy atom. The molecule has 5 nitrogen and oxygen atoms in total. The van der Waals surface area contributed by atoms with Crippen molar-refractivity contribution in [2.45, 2.75) is 105 Å². The van der Waals surface area contributed by atoms with Gasteiger partial charge in [0.05, 0.1) is 0 Å². The van der Waals surface area contributed by atoms with E-state index in [0.29, 0.717) is 13.2 Å². The van der Waals surface area contributed by atoms with Crippen LogP contribution < -0.4 is 8.32 Å². The van der Waals surface area contributed by atoms with Crippen molar-refractivity contribution >= 4 is 28.0 Å². The molecule has 0 aliphatic carbocycles. The Labute approximate surface area is 206 Å². The molecule has 0 aromatic carbocycles. The van der Waals surface area contributed by atoms with Gasteiger partial charge >= 0.3 is 207 Å². The fourth-order valence-corrected chi connectivity index (χ4v) is 20.3. The van der Waals surface area contributed by atoms with E-state index in [1.165, 1.54) is 55.4 Å². The van der Waals surface area contributed by atoms with Gasteiger partial charge < -0.3 is 0 Å². The van der Waals surface area contributed by atoms with Crippen LogP contribution in [0.2, 0.25) is 13.3 Å². The molecule has 186 valence electrons. The number of carbonyl (C=O) groups excluding carboxylic acids is 1. The first-order valence-electron chi connectivity index (χ1n) is 13.0. The third kappa shape index (κ3) is 8.80. The van der Waals surface area contributed by atoms with Crippen LogP contribution in [0, 0.1) is 0 Å². The maximum atomic E-state index is 12.6. The van der Waals surface area contributed by atoms with E-state index in [0.717, 1.165) is 5.75 Å². The van der Waals surface area contributed by atoms with E-state index in [2.05, 4.69) is 38.0 Å². The Morgan fingerprint density at radius 2 is 1.67 bits per heavy atom. The molecule has 0 bridgehead atoms. The number of carbonyl (C=O) groups is 1. The minimum absolute atomic E-state index is 0.114. The van der Waals surface area contributed by atoms with E-state index in [-0.39, 0.29) is 12.1 Å². The topological polar surface area (TPSA) is 51.7 Å². The van der Waals surface area contributed by atoms with Crippen molar-refractivity contribution in [1.29, 1.82) is 0 Å². The molecular formula is C27H46N2O3Sn. The van der Waals surface area contributed by atoms with E-state index < -0.39 is 24.0 Å². The molecule has 6 heteroatoms.